The molecule has 0 fully saturated rings. The van der Waals surface area contributed by atoms with E-state index in [1.807, 2.05) is 53.7 Å². The molecule has 4 N–H and O–H groups in total. The number of hydrogen-bond donors (Lipinski definition) is 4. The summed E-state index contributed by atoms with van der Waals surface area (Å²) >= 11 is 0. The van der Waals surface area contributed by atoms with Crippen molar-refractivity contribution >= 4 is 11.8 Å². The molecule has 0 aliphatic heterocycles. The predicted octanol–water partition coefficient (Wildman–Crippen LogP) is 5.45. The fraction of sp³-hybridized carbons (Fsp3) is 0.600. The molecule has 2 amide bonds. The molecule has 6 nitrogen and oxygen atoms in total. The van der Waals surface area contributed by atoms with Crippen LogP contribution in [0.3, 0.4) is 0 Å². The molecule has 0 aromatic heterocycles. The minimum absolute atomic E-state index is 0.0806. The quantitative estimate of drug-likeness (QED) is 0.344. The number of aryl methyl sites for hydroxylation is 2. The average Bonchev–Trinajstić information content (AvgIpc) is 3.23. The number of nitrogens with one attached hydrogen (secondary N) is 2. The van der Waals surface area contributed by atoms with Crippen molar-refractivity contribution < 1.29 is 19.8 Å². The first kappa shape index (κ1) is 31.2. The third-order valence-corrected chi connectivity index (χ3v) is 9.59. The fourth-order valence-electron chi connectivity index (χ4n) is 7.61. The van der Waals surface area contributed by atoms with Gasteiger partial charge in [-0.05, 0) is 83.7 Å². The summed E-state index contributed by atoms with van der Waals surface area (Å²) in [5.41, 5.74) is 6.63. The lowest BCUT2D eigenvalue weighted by Crippen LogP contribution is -2.43. The molecule has 2 aromatic carbocycles. The monoisotopic (exact) mass is 562 g/mol. The zero-order valence-electron chi connectivity index (χ0n) is 26.7. The van der Waals surface area contributed by atoms with Crippen LogP contribution in [-0.4, -0.2) is 47.3 Å². The Morgan fingerprint density at radius 1 is 0.707 bits per heavy atom. The molecule has 0 radical (unpaired) electrons. The summed E-state index contributed by atoms with van der Waals surface area (Å²) in [5, 5.41) is 26.2. The van der Waals surface area contributed by atoms with Crippen LogP contribution in [0.2, 0.25) is 0 Å². The van der Waals surface area contributed by atoms with Gasteiger partial charge in [-0.15, -0.1) is 0 Å². The summed E-state index contributed by atoms with van der Waals surface area (Å²) in [4.78, 5) is 28.1. The van der Waals surface area contributed by atoms with Gasteiger partial charge in [0.1, 0.15) is 0 Å². The maximum Gasteiger partial charge on any atom is 0.251 e. The number of hydrogen-bond acceptors (Lipinski definition) is 4. The van der Waals surface area contributed by atoms with Crippen LogP contribution in [0.4, 0.5) is 0 Å². The SMILES string of the molecule is Cc1cc(C(=O)N[C@H](CO)C(C)C)c2c(c1)C(C)(C)CC21CC(C)(C)c2cc(C)cc(C(=O)N[C@H](CO)C(C)C)c21. The third kappa shape index (κ3) is 5.34. The van der Waals surface area contributed by atoms with E-state index in [0.29, 0.717) is 11.1 Å². The second-order valence-corrected chi connectivity index (χ2v) is 14.7. The van der Waals surface area contributed by atoms with Crippen molar-refractivity contribution in [1.29, 1.82) is 0 Å². The molecular formula is C35H50N2O4. The molecule has 0 saturated carbocycles. The highest BCUT2D eigenvalue weighted by atomic mass is 16.3. The second kappa shape index (κ2) is 10.9. The number of carbonyl (C=O) groups excluding carboxylic acids is 2. The van der Waals surface area contributed by atoms with Crippen LogP contribution in [0, 0.1) is 25.7 Å². The standard InChI is InChI=1S/C35H50N2O4/c1-19(2)27(15-38)36-31(40)23-11-21(5)13-25-29(23)35(17-33(25,7)8)18-34(9,10)26-14-22(6)12-24(30(26)35)32(41)37-28(16-39)20(3)4/h11-14,19-20,27-28,38-39H,15-18H2,1-10H3,(H,36,40)(H,37,41)/t27-,28-,35?/m1/s1. The van der Waals surface area contributed by atoms with Crippen molar-refractivity contribution in [1.82, 2.24) is 10.6 Å². The largest absolute Gasteiger partial charge is 0.394 e. The van der Waals surface area contributed by atoms with Crippen molar-refractivity contribution in [3.8, 4) is 0 Å². The number of amides is 2. The Morgan fingerprint density at radius 2 is 1.05 bits per heavy atom. The van der Waals surface area contributed by atoms with E-state index < -0.39 is 5.41 Å². The topological polar surface area (TPSA) is 98.7 Å². The molecular weight excluding hydrogens is 512 g/mol. The Morgan fingerprint density at radius 3 is 1.34 bits per heavy atom. The third-order valence-electron chi connectivity index (χ3n) is 9.59. The normalized spacial score (nSPS) is 19.3. The maximum atomic E-state index is 14.1. The van der Waals surface area contributed by atoms with E-state index in [0.717, 1.165) is 46.2 Å². The van der Waals surface area contributed by atoms with Gasteiger partial charge in [-0.3, -0.25) is 9.59 Å². The fourth-order valence-corrected chi connectivity index (χ4v) is 7.61. The Balaban J connectivity index is 2.01. The molecule has 0 unspecified atom stereocenters. The van der Waals surface area contributed by atoms with E-state index in [4.69, 9.17) is 0 Å². The lowest BCUT2D eigenvalue weighted by molar-refractivity contribution is 0.0890. The van der Waals surface area contributed by atoms with Crippen LogP contribution in [0.15, 0.2) is 24.3 Å². The number of benzene rings is 2. The molecule has 4 rings (SSSR count). The van der Waals surface area contributed by atoms with E-state index in [1.165, 1.54) is 0 Å². The summed E-state index contributed by atoms with van der Waals surface area (Å²) in [6.45, 7) is 20.7. The first-order valence-electron chi connectivity index (χ1n) is 15.1. The minimum atomic E-state index is -0.544. The van der Waals surface area contributed by atoms with Gasteiger partial charge in [0.25, 0.3) is 11.8 Å². The van der Waals surface area contributed by atoms with Gasteiger partial charge in [-0.25, -0.2) is 0 Å². The van der Waals surface area contributed by atoms with Crippen molar-refractivity contribution in [3.63, 3.8) is 0 Å². The van der Waals surface area contributed by atoms with Crippen molar-refractivity contribution in [2.45, 2.75) is 110 Å². The molecule has 224 valence electrons. The number of fused-ring (bicyclic) bond motifs is 4. The molecule has 6 heteroatoms. The maximum absolute atomic E-state index is 14.1. The van der Waals surface area contributed by atoms with Gasteiger partial charge in [0, 0.05) is 16.5 Å². The number of aliphatic hydroxyl groups is 2. The first-order valence-corrected chi connectivity index (χ1v) is 15.1. The number of rotatable bonds is 8. The molecule has 0 bridgehead atoms. The Labute approximate surface area is 246 Å². The lowest BCUT2D eigenvalue weighted by Gasteiger charge is -2.33. The summed E-state index contributed by atoms with van der Waals surface area (Å²) in [6.07, 6.45) is 1.56. The van der Waals surface area contributed by atoms with Gasteiger partial charge in [0.05, 0.1) is 25.3 Å². The minimum Gasteiger partial charge on any atom is -0.394 e. The highest BCUT2D eigenvalue weighted by molar-refractivity contribution is 6.00. The van der Waals surface area contributed by atoms with Crippen LogP contribution < -0.4 is 10.6 Å². The highest BCUT2D eigenvalue weighted by Gasteiger charge is 2.59. The van der Waals surface area contributed by atoms with Crippen LogP contribution in [0.25, 0.3) is 0 Å². The summed E-state index contributed by atoms with van der Waals surface area (Å²) in [7, 11) is 0. The summed E-state index contributed by atoms with van der Waals surface area (Å²) in [5.74, 6) is -0.201. The molecule has 1 spiro atoms. The van der Waals surface area contributed by atoms with E-state index >= 15 is 0 Å². The van der Waals surface area contributed by atoms with Crippen molar-refractivity contribution in [3.05, 3.63) is 68.8 Å². The number of aliphatic hydroxyl groups excluding tert-OH is 2. The molecule has 2 aromatic rings. The van der Waals surface area contributed by atoms with Gasteiger partial charge in [0.15, 0.2) is 0 Å². The zero-order chi connectivity index (χ0) is 30.7. The molecule has 41 heavy (non-hydrogen) atoms. The van der Waals surface area contributed by atoms with Crippen LogP contribution in [0.1, 0.15) is 122 Å². The van der Waals surface area contributed by atoms with Crippen molar-refractivity contribution in [2.24, 2.45) is 11.8 Å². The Kier molecular flexibility index (Phi) is 8.27. The summed E-state index contributed by atoms with van der Waals surface area (Å²) in [6, 6.07) is 7.67. The van der Waals surface area contributed by atoms with Crippen LogP contribution in [-0.2, 0) is 16.2 Å². The van der Waals surface area contributed by atoms with E-state index in [9.17, 15) is 19.8 Å². The van der Waals surface area contributed by atoms with Gasteiger partial charge < -0.3 is 20.8 Å². The highest BCUT2D eigenvalue weighted by Crippen LogP contribution is 2.64. The Bertz CT molecular complexity index is 1250. The van der Waals surface area contributed by atoms with Gasteiger partial charge >= 0.3 is 0 Å². The summed E-state index contributed by atoms with van der Waals surface area (Å²) < 4.78 is 0. The molecule has 2 aliphatic rings. The molecule has 2 atom stereocenters. The van der Waals surface area contributed by atoms with Gasteiger partial charge in [-0.1, -0.05) is 78.6 Å². The van der Waals surface area contributed by atoms with Gasteiger partial charge in [0.2, 0.25) is 0 Å². The molecule has 2 aliphatic carbocycles. The Hall–Kier alpha value is -2.70. The van der Waals surface area contributed by atoms with Crippen LogP contribution >= 0.6 is 0 Å². The number of carbonyl (C=O) groups is 2. The average molecular weight is 563 g/mol. The predicted molar refractivity (Wildman–Crippen MR) is 165 cm³/mol. The van der Waals surface area contributed by atoms with E-state index in [2.05, 4.69) is 50.5 Å². The molecule has 0 saturated heterocycles. The van der Waals surface area contributed by atoms with E-state index in [1.54, 1.807) is 0 Å². The lowest BCUT2D eigenvalue weighted by atomic mass is 9.70. The zero-order valence-corrected chi connectivity index (χ0v) is 26.7. The molecule has 0 heterocycles. The van der Waals surface area contributed by atoms with Gasteiger partial charge in [-0.2, -0.15) is 0 Å². The van der Waals surface area contributed by atoms with E-state index in [-0.39, 0.29) is 59.8 Å². The smallest absolute Gasteiger partial charge is 0.251 e. The van der Waals surface area contributed by atoms with Crippen molar-refractivity contribution in [2.75, 3.05) is 13.2 Å². The first-order chi connectivity index (χ1) is 19.0. The second-order valence-electron chi connectivity index (χ2n) is 14.7. The van der Waals surface area contributed by atoms with Crippen LogP contribution in [0.5, 0.6) is 0 Å².